The van der Waals surface area contributed by atoms with E-state index in [1.807, 2.05) is 12.3 Å². The van der Waals surface area contributed by atoms with Crippen molar-refractivity contribution < 1.29 is 18.7 Å². The van der Waals surface area contributed by atoms with Crippen LogP contribution in [0.15, 0.2) is 65.1 Å². The normalized spacial score (nSPS) is 19.4. The molecule has 6 nitrogen and oxygen atoms in total. The molecule has 0 aliphatic heterocycles. The molecule has 2 amide bonds. The number of hydrogen-bond donors (Lipinski definition) is 3. The Balaban J connectivity index is 1.80. The third kappa shape index (κ3) is 8.69. The highest BCUT2D eigenvalue weighted by molar-refractivity contribution is 7.98. The van der Waals surface area contributed by atoms with Crippen LogP contribution in [0.1, 0.15) is 51.2 Å². The van der Waals surface area contributed by atoms with Crippen LogP contribution in [-0.4, -0.2) is 42.4 Å². The van der Waals surface area contributed by atoms with Crippen molar-refractivity contribution in [2.24, 2.45) is 0 Å². The molecule has 0 aromatic heterocycles. The van der Waals surface area contributed by atoms with Crippen molar-refractivity contribution in [3.05, 3.63) is 77.1 Å². The summed E-state index contributed by atoms with van der Waals surface area (Å²) in [7, 11) is 0. The number of ether oxygens (including phenoxy) is 1. The van der Waals surface area contributed by atoms with Crippen LogP contribution in [0.2, 0.25) is 0 Å². The highest BCUT2D eigenvalue weighted by atomic mass is 32.2. The van der Waals surface area contributed by atoms with Crippen molar-refractivity contribution in [1.82, 2.24) is 16.0 Å². The van der Waals surface area contributed by atoms with Crippen LogP contribution in [0.3, 0.4) is 0 Å². The maximum absolute atomic E-state index is 13.2. The van der Waals surface area contributed by atoms with E-state index in [0.717, 1.165) is 24.0 Å². The molecule has 0 bridgehead atoms. The molecule has 0 heterocycles. The van der Waals surface area contributed by atoms with Gasteiger partial charge in [-0.3, -0.25) is 9.59 Å². The quantitative estimate of drug-likeness (QED) is 0.348. The summed E-state index contributed by atoms with van der Waals surface area (Å²) in [4.78, 5) is 26.5. The van der Waals surface area contributed by atoms with Gasteiger partial charge in [-0.05, 0) is 67.0 Å². The summed E-state index contributed by atoms with van der Waals surface area (Å²) in [5, 5.41) is 9.59. The van der Waals surface area contributed by atoms with E-state index in [1.165, 1.54) is 24.0 Å². The van der Waals surface area contributed by atoms with Crippen LogP contribution in [0.25, 0.3) is 0 Å². The topological polar surface area (TPSA) is 79.5 Å². The lowest BCUT2D eigenvalue weighted by atomic mass is 9.86. The number of carbonyl (C=O) groups excluding carboxylic acids is 2. The van der Waals surface area contributed by atoms with Crippen molar-refractivity contribution in [2.75, 3.05) is 6.26 Å². The van der Waals surface area contributed by atoms with Gasteiger partial charge in [0.05, 0.1) is 18.2 Å². The molecular formula is C29H38FN3O3S. The molecule has 1 aliphatic carbocycles. The van der Waals surface area contributed by atoms with Gasteiger partial charge in [-0.2, -0.15) is 0 Å². The van der Waals surface area contributed by atoms with Gasteiger partial charge in [0.25, 0.3) is 0 Å². The fourth-order valence-corrected chi connectivity index (χ4v) is 4.87. The van der Waals surface area contributed by atoms with Gasteiger partial charge in [0, 0.05) is 36.5 Å². The number of halogens is 1. The molecule has 8 heteroatoms. The Bertz CT molecular complexity index is 1060. The van der Waals surface area contributed by atoms with E-state index in [2.05, 4.69) is 54.1 Å². The molecule has 3 N–H and O–H groups in total. The molecule has 0 unspecified atom stereocenters. The number of rotatable bonds is 12. The van der Waals surface area contributed by atoms with Gasteiger partial charge in [-0.15, -0.1) is 11.8 Å². The second-order valence-corrected chi connectivity index (χ2v) is 10.2. The van der Waals surface area contributed by atoms with E-state index in [1.54, 1.807) is 23.9 Å². The fourth-order valence-electron chi connectivity index (χ4n) is 4.47. The summed E-state index contributed by atoms with van der Waals surface area (Å²) >= 11 is 1.69. The Hall–Kier alpha value is -2.68. The van der Waals surface area contributed by atoms with Crippen LogP contribution in [-0.2, 0) is 27.4 Å². The molecule has 1 aliphatic rings. The zero-order valence-corrected chi connectivity index (χ0v) is 22.9. The molecule has 2 aromatic rings. The summed E-state index contributed by atoms with van der Waals surface area (Å²) in [5.74, 6) is -0.649. The molecule has 3 rings (SSSR count). The monoisotopic (exact) mass is 527 g/mol. The van der Waals surface area contributed by atoms with E-state index < -0.39 is 6.10 Å². The van der Waals surface area contributed by atoms with E-state index in [9.17, 15) is 14.0 Å². The first-order valence-electron chi connectivity index (χ1n) is 12.8. The molecule has 200 valence electrons. The molecule has 0 radical (unpaired) electrons. The summed E-state index contributed by atoms with van der Waals surface area (Å²) in [6, 6.07) is 13.9. The van der Waals surface area contributed by atoms with Gasteiger partial charge in [0.15, 0.2) is 0 Å². The van der Waals surface area contributed by atoms with Crippen LogP contribution >= 0.6 is 11.8 Å². The van der Waals surface area contributed by atoms with Gasteiger partial charge in [-0.1, -0.05) is 38.1 Å². The molecule has 0 saturated heterocycles. The van der Waals surface area contributed by atoms with Gasteiger partial charge < -0.3 is 20.7 Å². The van der Waals surface area contributed by atoms with E-state index in [4.69, 9.17) is 4.74 Å². The molecule has 3 atom stereocenters. The third-order valence-electron chi connectivity index (χ3n) is 6.61. The van der Waals surface area contributed by atoms with Gasteiger partial charge in [0.2, 0.25) is 11.8 Å². The Morgan fingerprint density at radius 1 is 1.03 bits per heavy atom. The van der Waals surface area contributed by atoms with Gasteiger partial charge in [-0.25, -0.2) is 4.39 Å². The number of thioether (sulfide) groups is 1. The SMILES string of the molecule is CCC(CC)O[C@@H]1C=C(C(=O)NCc2ccc(F)cc2)C[C@H](NCc2ccc(SC)cc2)[C@H]1NC(C)=O. The standard InChI is InChI=1S/C29H38FN3O3S/c1-5-24(6-2)36-27-16-22(29(35)32-18-20-7-11-23(30)12-8-20)15-26(28(27)33-19(3)34)31-17-21-9-13-25(37-4)14-10-21/h7-14,16,24,26-28,31H,5-6,15,17-18H2,1-4H3,(H,32,35)(H,33,34)/t26-,27+,28+/m0/s1. The van der Waals surface area contributed by atoms with Crippen molar-refractivity contribution in [2.45, 2.75) is 82.3 Å². The van der Waals surface area contributed by atoms with Gasteiger partial charge >= 0.3 is 0 Å². The molecule has 2 aromatic carbocycles. The Morgan fingerprint density at radius 3 is 2.24 bits per heavy atom. The lowest BCUT2D eigenvalue weighted by Gasteiger charge is -2.39. The van der Waals surface area contributed by atoms with Crippen molar-refractivity contribution >= 4 is 23.6 Å². The first-order chi connectivity index (χ1) is 17.8. The molecule has 0 fully saturated rings. The highest BCUT2D eigenvalue weighted by Gasteiger charge is 2.37. The third-order valence-corrected chi connectivity index (χ3v) is 7.35. The van der Waals surface area contributed by atoms with Crippen LogP contribution < -0.4 is 16.0 Å². The van der Waals surface area contributed by atoms with E-state index >= 15 is 0 Å². The first kappa shape index (κ1) is 28.9. The van der Waals surface area contributed by atoms with Gasteiger partial charge in [0.1, 0.15) is 5.82 Å². The first-order valence-corrected chi connectivity index (χ1v) is 14.1. The molecule has 0 saturated carbocycles. The molecule has 37 heavy (non-hydrogen) atoms. The van der Waals surface area contributed by atoms with Crippen LogP contribution in [0, 0.1) is 5.82 Å². The Morgan fingerprint density at radius 2 is 1.65 bits per heavy atom. The average molecular weight is 528 g/mol. The minimum absolute atomic E-state index is 0.0128. The number of nitrogens with one attached hydrogen (secondary N) is 3. The lowest BCUT2D eigenvalue weighted by molar-refractivity contribution is -0.121. The Kier molecular flexibility index (Phi) is 11.2. The predicted octanol–water partition coefficient (Wildman–Crippen LogP) is 4.73. The number of benzene rings is 2. The van der Waals surface area contributed by atoms with Crippen molar-refractivity contribution in [1.29, 1.82) is 0 Å². The number of hydrogen-bond acceptors (Lipinski definition) is 5. The lowest BCUT2D eigenvalue weighted by Crippen LogP contribution is -2.58. The minimum atomic E-state index is -0.453. The number of amides is 2. The zero-order valence-electron chi connectivity index (χ0n) is 22.1. The summed E-state index contributed by atoms with van der Waals surface area (Å²) in [6.45, 7) is 6.53. The zero-order chi connectivity index (χ0) is 26.8. The minimum Gasteiger partial charge on any atom is -0.369 e. The highest BCUT2D eigenvalue weighted by Crippen LogP contribution is 2.25. The number of carbonyl (C=O) groups is 2. The van der Waals surface area contributed by atoms with Crippen LogP contribution in [0.4, 0.5) is 4.39 Å². The summed E-state index contributed by atoms with van der Waals surface area (Å²) in [5.41, 5.74) is 2.54. The van der Waals surface area contributed by atoms with Crippen molar-refractivity contribution in [3.8, 4) is 0 Å². The predicted molar refractivity (Wildman–Crippen MR) is 147 cm³/mol. The molecular weight excluding hydrogens is 489 g/mol. The second kappa shape index (κ2) is 14.3. The van der Waals surface area contributed by atoms with E-state index in [-0.39, 0.29) is 35.8 Å². The van der Waals surface area contributed by atoms with E-state index in [0.29, 0.717) is 25.1 Å². The maximum Gasteiger partial charge on any atom is 0.247 e. The summed E-state index contributed by atoms with van der Waals surface area (Å²) < 4.78 is 19.7. The van der Waals surface area contributed by atoms with Crippen molar-refractivity contribution in [3.63, 3.8) is 0 Å². The molecule has 0 spiro atoms. The fraction of sp³-hybridized carbons (Fsp3) is 0.448. The maximum atomic E-state index is 13.2. The average Bonchev–Trinajstić information content (AvgIpc) is 2.91. The second-order valence-electron chi connectivity index (χ2n) is 9.31. The van der Waals surface area contributed by atoms with Crippen LogP contribution in [0.5, 0.6) is 0 Å². The Labute approximate surface area is 223 Å². The summed E-state index contributed by atoms with van der Waals surface area (Å²) in [6.07, 6.45) is 5.56. The smallest absolute Gasteiger partial charge is 0.247 e. The largest absolute Gasteiger partial charge is 0.369 e.